The Balaban J connectivity index is 1.34. The second-order valence-electron chi connectivity index (χ2n) is 10.9. The lowest BCUT2D eigenvalue weighted by atomic mass is 9.77. The predicted molar refractivity (Wildman–Crippen MR) is 145 cm³/mol. The lowest BCUT2D eigenvalue weighted by molar-refractivity contribution is -0.0394. The molecule has 3 atom stereocenters. The first-order chi connectivity index (χ1) is 17.8. The Hall–Kier alpha value is -3.04. The number of anilines is 1. The lowest BCUT2D eigenvalue weighted by Gasteiger charge is -2.51. The van der Waals surface area contributed by atoms with Crippen molar-refractivity contribution in [3.05, 3.63) is 36.7 Å². The lowest BCUT2D eigenvalue weighted by Crippen LogP contribution is -2.59. The number of piperidine rings is 1. The number of hydrogen-bond donors (Lipinski definition) is 0. The quantitative estimate of drug-likeness (QED) is 0.478. The van der Waals surface area contributed by atoms with Gasteiger partial charge in [0.1, 0.15) is 6.23 Å². The fourth-order valence-electron chi connectivity index (χ4n) is 5.55. The fraction of sp³-hybridized carbons (Fsp3) is 0.571. The highest BCUT2D eigenvalue weighted by Crippen LogP contribution is 2.36. The third-order valence-corrected chi connectivity index (χ3v) is 8.62. The summed E-state index contributed by atoms with van der Waals surface area (Å²) in [6, 6.07) is 8.42. The number of nitrogens with zero attached hydrogens (tertiary/aromatic N) is 7. The van der Waals surface area contributed by atoms with Crippen molar-refractivity contribution in [2.24, 2.45) is 5.92 Å². The van der Waals surface area contributed by atoms with Gasteiger partial charge in [-0.2, -0.15) is 5.10 Å². The summed E-state index contributed by atoms with van der Waals surface area (Å²) in [5, 5.41) is 13.7. The predicted octanol–water partition coefficient (Wildman–Crippen LogP) is 4.66. The molecule has 3 aromatic heterocycles. The van der Waals surface area contributed by atoms with Gasteiger partial charge in [0, 0.05) is 43.5 Å². The topological polar surface area (TPSA) is 81.4 Å². The molecule has 2 fully saturated rings. The number of ether oxygens (including phenoxy) is 2. The molecule has 0 N–H and O–H groups in total. The molecule has 0 amide bonds. The van der Waals surface area contributed by atoms with Crippen molar-refractivity contribution in [3.63, 3.8) is 0 Å². The molecule has 5 heterocycles. The van der Waals surface area contributed by atoms with Crippen LogP contribution in [0.2, 0.25) is 0 Å². The number of hydrogen-bond acceptors (Lipinski definition) is 8. The van der Waals surface area contributed by atoms with Crippen LogP contribution in [0.3, 0.4) is 0 Å². The maximum absolute atomic E-state index is 5.86. The Morgan fingerprint density at radius 1 is 1.08 bits per heavy atom. The van der Waals surface area contributed by atoms with E-state index in [-0.39, 0.29) is 11.8 Å². The maximum Gasteiger partial charge on any atom is 0.223 e. The van der Waals surface area contributed by atoms with Crippen molar-refractivity contribution >= 4 is 5.82 Å². The van der Waals surface area contributed by atoms with Gasteiger partial charge < -0.3 is 19.3 Å². The van der Waals surface area contributed by atoms with E-state index < -0.39 is 0 Å². The van der Waals surface area contributed by atoms with E-state index in [4.69, 9.17) is 14.5 Å². The molecule has 37 heavy (non-hydrogen) atoms. The molecule has 198 valence electrons. The van der Waals surface area contributed by atoms with Gasteiger partial charge in [-0.1, -0.05) is 6.92 Å². The van der Waals surface area contributed by atoms with E-state index >= 15 is 0 Å². The molecule has 2 aliphatic rings. The smallest absolute Gasteiger partial charge is 0.223 e. The van der Waals surface area contributed by atoms with Crippen LogP contribution < -0.4 is 9.64 Å². The average Bonchev–Trinajstić information content (AvgIpc) is 3.43. The van der Waals surface area contributed by atoms with Crippen molar-refractivity contribution in [2.75, 3.05) is 39.3 Å². The summed E-state index contributed by atoms with van der Waals surface area (Å²) in [5.74, 6) is 1.88. The molecule has 0 spiro atoms. The summed E-state index contributed by atoms with van der Waals surface area (Å²) in [6.45, 7) is 8.84. The van der Waals surface area contributed by atoms with Crippen LogP contribution in [-0.4, -0.2) is 75.8 Å². The molecular formula is C28H39N7O2. The van der Waals surface area contributed by atoms with E-state index in [0.29, 0.717) is 17.8 Å². The van der Waals surface area contributed by atoms with E-state index in [2.05, 4.69) is 60.0 Å². The standard InChI is InChI=1S/C28H39N7O2/c1-19-24(14-15-33(4)28(19,2)3)34(5)25-13-12-23(31-32-25)21-10-11-22(30-27(21)36-6)20-17-29-35(18-20)26-9-7-8-16-37-26/h10-13,17-19,24,26H,7-9,14-16H2,1-6H3. The Morgan fingerprint density at radius 3 is 2.59 bits per heavy atom. The third kappa shape index (κ3) is 4.94. The molecule has 3 unspecified atom stereocenters. The van der Waals surface area contributed by atoms with Crippen LogP contribution in [0.1, 0.15) is 52.7 Å². The summed E-state index contributed by atoms with van der Waals surface area (Å²) in [6.07, 6.45) is 8.17. The van der Waals surface area contributed by atoms with Crippen LogP contribution in [0.4, 0.5) is 5.82 Å². The highest BCUT2D eigenvalue weighted by atomic mass is 16.5. The van der Waals surface area contributed by atoms with Crippen molar-refractivity contribution in [3.8, 4) is 28.4 Å². The molecule has 5 rings (SSSR count). The molecule has 0 bridgehead atoms. The molecule has 9 heteroatoms. The SMILES string of the molecule is COc1nc(-c2cnn(C3CCCCO3)c2)ccc1-c1ccc(N(C)C2CCN(C)C(C)(C)C2C)nn1. The zero-order valence-electron chi connectivity index (χ0n) is 22.9. The zero-order valence-corrected chi connectivity index (χ0v) is 22.9. The molecule has 2 saturated heterocycles. The summed E-state index contributed by atoms with van der Waals surface area (Å²) < 4.78 is 13.4. The van der Waals surface area contributed by atoms with Crippen LogP contribution >= 0.6 is 0 Å². The molecule has 3 aromatic rings. The van der Waals surface area contributed by atoms with Crippen molar-refractivity contribution in [2.45, 2.75) is 64.3 Å². The minimum atomic E-state index is -0.000771. The second-order valence-corrected chi connectivity index (χ2v) is 10.9. The second kappa shape index (κ2) is 10.4. The van der Waals surface area contributed by atoms with Crippen molar-refractivity contribution < 1.29 is 9.47 Å². The number of likely N-dealkylation sites (tertiary alicyclic amines) is 1. The molecule has 0 aromatic carbocycles. The van der Waals surface area contributed by atoms with Gasteiger partial charge in [-0.15, -0.1) is 10.2 Å². The van der Waals surface area contributed by atoms with Gasteiger partial charge >= 0.3 is 0 Å². The van der Waals surface area contributed by atoms with E-state index in [1.165, 1.54) is 0 Å². The van der Waals surface area contributed by atoms with Gasteiger partial charge in [-0.3, -0.25) is 0 Å². The Bertz CT molecular complexity index is 1200. The van der Waals surface area contributed by atoms with Gasteiger partial charge in [-0.05, 0) is 76.8 Å². The highest BCUT2D eigenvalue weighted by Gasteiger charge is 2.41. The molecule has 0 saturated carbocycles. The van der Waals surface area contributed by atoms with E-state index in [9.17, 15) is 0 Å². The normalized spacial score (nSPS) is 24.1. The maximum atomic E-state index is 5.86. The van der Waals surface area contributed by atoms with E-state index in [1.54, 1.807) is 7.11 Å². The van der Waals surface area contributed by atoms with Crippen LogP contribution in [0.15, 0.2) is 36.7 Å². The third-order valence-electron chi connectivity index (χ3n) is 8.62. The Kier molecular flexibility index (Phi) is 7.18. The molecule has 0 radical (unpaired) electrons. The average molecular weight is 506 g/mol. The Morgan fingerprint density at radius 2 is 1.89 bits per heavy atom. The minimum Gasteiger partial charge on any atom is -0.480 e. The Labute approximate surface area is 219 Å². The van der Waals surface area contributed by atoms with Crippen LogP contribution in [0.5, 0.6) is 5.88 Å². The molecule has 2 aliphatic heterocycles. The summed E-state index contributed by atoms with van der Waals surface area (Å²) in [5.41, 5.74) is 3.40. The van der Waals surface area contributed by atoms with Gasteiger partial charge in [0.05, 0.1) is 30.3 Å². The summed E-state index contributed by atoms with van der Waals surface area (Å²) >= 11 is 0. The van der Waals surface area contributed by atoms with Crippen LogP contribution in [0, 0.1) is 5.92 Å². The van der Waals surface area contributed by atoms with Crippen molar-refractivity contribution in [1.82, 2.24) is 29.9 Å². The zero-order chi connectivity index (χ0) is 26.2. The van der Waals surface area contributed by atoms with E-state index in [0.717, 1.165) is 67.2 Å². The monoisotopic (exact) mass is 505 g/mol. The number of aromatic nitrogens is 5. The first-order valence-corrected chi connectivity index (χ1v) is 13.3. The van der Waals surface area contributed by atoms with Gasteiger partial charge in [-0.25, -0.2) is 9.67 Å². The van der Waals surface area contributed by atoms with E-state index in [1.807, 2.05) is 41.3 Å². The molecular weight excluding hydrogens is 466 g/mol. The van der Waals surface area contributed by atoms with Crippen LogP contribution in [-0.2, 0) is 4.74 Å². The molecule has 9 nitrogen and oxygen atoms in total. The number of methoxy groups -OCH3 is 1. The molecule has 0 aliphatic carbocycles. The van der Waals surface area contributed by atoms with Crippen LogP contribution in [0.25, 0.3) is 22.5 Å². The largest absolute Gasteiger partial charge is 0.480 e. The van der Waals surface area contributed by atoms with Gasteiger partial charge in [0.15, 0.2) is 5.82 Å². The highest BCUT2D eigenvalue weighted by molar-refractivity contribution is 5.69. The summed E-state index contributed by atoms with van der Waals surface area (Å²) in [7, 11) is 5.97. The number of pyridine rings is 1. The minimum absolute atomic E-state index is 0.000771. The van der Waals surface area contributed by atoms with Crippen molar-refractivity contribution in [1.29, 1.82) is 0 Å². The van der Waals surface area contributed by atoms with Gasteiger partial charge in [0.25, 0.3) is 0 Å². The summed E-state index contributed by atoms with van der Waals surface area (Å²) in [4.78, 5) is 9.49. The fourth-order valence-corrected chi connectivity index (χ4v) is 5.55. The first kappa shape index (κ1) is 25.6. The van der Waals surface area contributed by atoms with Gasteiger partial charge in [0.2, 0.25) is 5.88 Å². The first-order valence-electron chi connectivity index (χ1n) is 13.3. The number of rotatable bonds is 6.